The number of unbranched alkanes of at least 4 members (excludes halogenated alkanes) is 14. The molecule has 2 N–H and O–H groups in total. The van der Waals surface area contributed by atoms with Crippen LogP contribution < -0.4 is 0 Å². The van der Waals surface area contributed by atoms with Gasteiger partial charge in [0, 0.05) is 45.2 Å². The van der Waals surface area contributed by atoms with Crippen LogP contribution in [0.25, 0.3) is 0 Å². The Morgan fingerprint density at radius 2 is 0.934 bits per heavy atom. The zero-order valence-electron chi connectivity index (χ0n) is 39.9. The average molecular weight is 865 g/mol. The first-order chi connectivity index (χ1) is 28.8. The van der Waals surface area contributed by atoms with E-state index in [0.29, 0.717) is 38.8 Å². The predicted octanol–water partition coefficient (Wildman–Crippen LogP) is 8.41. The number of ether oxygens (including phenoxy) is 2. The molecule has 0 aromatic heterocycles. The van der Waals surface area contributed by atoms with E-state index in [1.165, 1.54) is 77.0 Å². The van der Waals surface area contributed by atoms with Gasteiger partial charge in [0.15, 0.2) is 0 Å². The molecule has 2 fully saturated rings. The number of carbonyl (C=O) groups excluding carboxylic acids is 3. The van der Waals surface area contributed by atoms with Crippen molar-refractivity contribution in [2.24, 2.45) is 11.8 Å². The summed E-state index contributed by atoms with van der Waals surface area (Å²) < 4.78 is 11.6. The summed E-state index contributed by atoms with van der Waals surface area (Å²) in [5, 5.41) is 20.0. The van der Waals surface area contributed by atoms with Gasteiger partial charge in [0.25, 0.3) is 0 Å². The molecule has 2 aliphatic rings. The second-order valence-corrected chi connectivity index (χ2v) is 20.2. The van der Waals surface area contributed by atoms with Crippen LogP contribution in [0.3, 0.4) is 0 Å². The van der Waals surface area contributed by atoms with Crippen molar-refractivity contribution in [1.29, 1.82) is 0 Å². The second kappa shape index (κ2) is 28.1. The summed E-state index contributed by atoms with van der Waals surface area (Å²) in [7, 11) is 0. The minimum absolute atomic E-state index is 0.169. The fourth-order valence-electron chi connectivity index (χ4n) is 9.41. The van der Waals surface area contributed by atoms with Gasteiger partial charge in [-0.2, -0.15) is 0 Å². The lowest BCUT2D eigenvalue weighted by molar-refractivity contribution is -0.166. The molecule has 1 heterocycles. The summed E-state index contributed by atoms with van der Waals surface area (Å²) in [5.74, 6) is -3.29. The highest BCUT2D eigenvalue weighted by molar-refractivity contribution is 5.79. The van der Waals surface area contributed by atoms with Crippen LogP contribution in [0.2, 0.25) is 0 Å². The number of amides is 1. The van der Waals surface area contributed by atoms with Crippen molar-refractivity contribution < 1.29 is 43.7 Å². The van der Waals surface area contributed by atoms with E-state index in [0.717, 1.165) is 38.8 Å². The Hall–Kier alpha value is -2.77. The molecule has 13 heteroatoms. The molecule has 1 aliphatic carbocycles. The fraction of sp³-hybridized carbons (Fsp3) is 0.896. The number of carbonyl (C=O) groups is 5. The minimum Gasteiger partial charge on any atom is -0.480 e. The summed E-state index contributed by atoms with van der Waals surface area (Å²) in [6.45, 7) is 16.5. The van der Waals surface area contributed by atoms with Crippen LogP contribution in [0, 0.1) is 11.8 Å². The van der Waals surface area contributed by atoms with E-state index in [1.54, 1.807) is 56.2 Å². The van der Waals surface area contributed by atoms with E-state index < -0.39 is 40.6 Å². The van der Waals surface area contributed by atoms with Gasteiger partial charge in [-0.1, -0.05) is 104 Å². The van der Waals surface area contributed by atoms with Gasteiger partial charge >= 0.3 is 23.9 Å². The maximum atomic E-state index is 14.5. The quantitative estimate of drug-likeness (QED) is 0.0548. The van der Waals surface area contributed by atoms with E-state index in [-0.39, 0.29) is 57.0 Å². The average Bonchev–Trinajstić information content (AvgIpc) is 3.33. The smallest absolute Gasteiger partial charge is 0.320 e. The Kier molecular flexibility index (Phi) is 25.1. The minimum atomic E-state index is -1.04. The molecule has 13 nitrogen and oxygen atoms in total. The molecular weight excluding hydrogens is 777 g/mol. The van der Waals surface area contributed by atoms with Gasteiger partial charge in [-0.25, -0.2) is 0 Å². The van der Waals surface area contributed by atoms with Crippen molar-refractivity contribution >= 4 is 29.8 Å². The highest BCUT2D eigenvalue weighted by atomic mass is 16.6. The highest BCUT2D eigenvalue weighted by Crippen LogP contribution is 2.42. The van der Waals surface area contributed by atoms with E-state index in [4.69, 9.17) is 9.47 Å². The lowest BCUT2D eigenvalue weighted by atomic mass is 9.69. The molecule has 1 amide bonds. The Labute approximate surface area is 370 Å². The molecule has 2 rings (SSSR count). The number of hydrogen-bond acceptors (Lipinski definition) is 10. The summed E-state index contributed by atoms with van der Waals surface area (Å²) in [6, 6.07) is 0. The molecule has 1 saturated carbocycles. The Bertz CT molecular complexity index is 1230. The third-order valence-electron chi connectivity index (χ3n) is 12.3. The number of aliphatic carboxylic acids is 2. The van der Waals surface area contributed by atoms with Crippen LogP contribution in [-0.4, -0.2) is 142 Å². The monoisotopic (exact) mass is 865 g/mol. The maximum Gasteiger partial charge on any atom is 0.320 e. The molecule has 0 aromatic carbocycles. The molecule has 0 aromatic rings. The fourth-order valence-corrected chi connectivity index (χ4v) is 9.41. The number of hydrogen-bond donors (Lipinski definition) is 2. The zero-order valence-corrected chi connectivity index (χ0v) is 39.9. The van der Waals surface area contributed by atoms with Crippen LogP contribution in [-0.2, 0) is 33.4 Å². The molecule has 0 atom stereocenters. The van der Waals surface area contributed by atoms with Crippen LogP contribution in [0.15, 0.2) is 0 Å². The van der Waals surface area contributed by atoms with Crippen LogP contribution in [0.1, 0.15) is 184 Å². The van der Waals surface area contributed by atoms with Gasteiger partial charge < -0.3 is 24.6 Å². The Morgan fingerprint density at radius 3 is 1.28 bits per heavy atom. The van der Waals surface area contributed by atoms with Gasteiger partial charge in [0.2, 0.25) is 5.91 Å². The highest BCUT2D eigenvalue weighted by Gasteiger charge is 2.51. The third-order valence-corrected chi connectivity index (χ3v) is 12.3. The maximum absolute atomic E-state index is 14.5. The number of nitrogens with zero attached hydrogens (tertiary/aromatic N) is 4. The van der Waals surface area contributed by atoms with E-state index in [1.807, 2.05) is 0 Å². The predicted molar refractivity (Wildman–Crippen MR) is 241 cm³/mol. The molecule has 0 radical (unpaired) electrons. The van der Waals surface area contributed by atoms with Crippen molar-refractivity contribution in [3.8, 4) is 0 Å². The molecule has 0 bridgehead atoms. The van der Waals surface area contributed by atoms with Crippen molar-refractivity contribution in [3.05, 3.63) is 0 Å². The van der Waals surface area contributed by atoms with E-state index in [9.17, 15) is 34.2 Å². The van der Waals surface area contributed by atoms with E-state index >= 15 is 0 Å². The molecule has 0 spiro atoms. The van der Waals surface area contributed by atoms with Gasteiger partial charge in [-0.3, -0.25) is 38.7 Å². The normalized spacial score (nSPS) is 19.0. The van der Waals surface area contributed by atoms with Crippen molar-refractivity contribution in [1.82, 2.24) is 19.6 Å². The molecule has 61 heavy (non-hydrogen) atoms. The van der Waals surface area contributed by atoms with Crippen molar-refractivity contribution in [2.45, 2.75) is 201 Å². The van der Waals surface area contributed by atoms with Crippen LogP contribution in [0.5, 0.6) is 0 Å². The summed E-state index contributed by atoms with van der Waals surface area (Å²) in [5.41, 5.74) is -2.65. The van der Waals surface area contributed by atoms with Crippen molar-refractivity contribution in [3.63, 3.8) is 0 Å². The first kappa shape index (κ1) is 54.4. The van der Waals surface area contributed by atoms with Crippen LogP contribution in [0.4, 0.5) is 0 Å². The van der Waals surface area contributed by atoms with Crippen molar-refractivity contribution in [2.75, 3.05) is 65.4 Å². The zero-order chi connectivity index (χ0) is 45.5. The van der Waals surface area contributed by atoms with Gasteiger partial charge in [-0.15, -0.1) is 0 Å². The Balaban J connectivity index is 2.44. The van der Waals surface area contributed by atoms with Gasteiger partial charge in [0.1, 0.15) is 11.2 Å². The molecule has 1 saturated heterocycles. The summed E-state index contributed by atoms with van der Waals surface area (Å²) in [6.07, 6.45) is 21.7. The van der Waals surface area contributed by atoms with E-state index in [2.05, 4.69) is 18.7 Å². The molecule has 1 aliphatic heterocycles. The largest absolute Gasteiger partial charge is 0.480 e. The second-order valence-electron chi connectivity index (χ2n) is 20.2. The number of esters is 2. The SMILES string of the molecule is CCCCCCCCCCN(CCCCCCCCCC)C(=O)C1CCC(C2(N(CC(=O)OC(C)(C)C)CC(=O)OC(C)(C)C)CN(CC(=O)O)CCN(CC(=O)O)C2)CC1. The lowest BCUT2D eigenvalue weighted by Gasteiger charge is -2.52. The number of carboxylic acid groups (broad SMARTS) is 2. The number of carboxylic acids is 2. The standard InChI is InChI=1S/C48H88N4O9/c1-9-11-13-15-17-19-21-23-29-51(30-24-22-20-18-16-14-12-10-2)45(59)39-25-27-40(28-26-39)48(37-49(33-41(53)54)31-32-50(38-48)34-42(55)56)52(35-43(57)60-46(3,4)5)36-44(58)61-47(6,7)8/h39-40H,9-38H2,1-8H3,(H,53,54)(H,55,56). The van der Waals surface area contributed by atoms with Gasteiger partial charge in [0.05, 0.1) is 31.7 Å². The molecule has 0 unspecified atom stereocenters. The Morgan fingerprint density at radius 1 is 0.574 bits per heavy atom. The summed E-state index contributed by atoms with van der Waals surface area (Å²) >= 11 is 0. The molecule has 354 valence electrons. The first-order valence-corrected chi connectivity index (χ1v) is 24.1. The van der Waals surface area contributed by atoms with Crippen LogP contribution >= 0.6 is 0 Å². The summed E-state index contributed by atoms with van der Waals surface area (Å²) in [4.78, 5) is 73.9. The topological polar surface area (TPSA) is 157 Å². The first-order valence-electron chi connectivity index (χ1n) is 24.1. The third kappa shape index (κ3) is 22.4. The molecular formula is C48H88N4O9. The lowest BCUT2D eigenvalue weighted by Crippen LogP contribution is -2.66. The van der Waals surface area contributed by atoms with Gasteiger partial charge in [-0.05, 0) is 86.0 Å². The number of rotatable bonds is 29.